The van der Waals surface area contributed by atoms with Crippen LogP contribution < -0.4 is 9.62 Å². The van der Waals surface area contributed by atoms with E-state index in [9.17, 15) is 28.1 Å². The van der Waals surface area contributed by atoms with Gasteiger partial charge >= 0.3 is 0 Å². The average molecular weight is 573 g/mol. The van der Waals surface area contributed by atoms with Crippen LogP contribution in [-0.2, 0) is 26.2 Å². The van der Waals surface area contributed by atoms with E-state index >= 15 is 0 Å². The van der Waals surface area contributed by atoms with E-state index < -0.39 is 39.3 Å². The number of benzene rings is 2. The smallest absolute Gasteiger partial charge is 0.271 e. The summed E-state index contributed by atoms with van der Waals surface area (Å²) in [6.07, 6.45) is 2.53. The van der Waals surface area contributed by atoms with Gasteiger partial charge in [-0.15, -0.1) is 0 Å². The highest BCUT2D eigenvalue weighted by Gasteiger charge is 2.31. The Balaban J connectivity index is 2.46. The molecule has 0 saturated carbocycles. The Kier molecular flexibility index (Phi) is 10.7. The van der Waals surface area contributed by atoms with Gasteiger partial charge < -0.3 is 10.2 Å². The van der Waals surface area contributed by atoms with Gasteiger partial charge in [-0.25, -0.2) is 8.42 Å². The number of carbonyl (C=O) groups is 2. The Morgan fingerprint density at radius 2 is 1.81 bits per heavy atom. The van der Waals surface area contributed by atoms with Gasteiger partial charge in [-0.2, -0.15) is 0 Å². The number of nitrogens with zero attached hydrogens (tertiary/aromatic N) is 3. The molecule has 1 atom stereocenters. The zero-order valence-electron chi connectivity index (χ0n) is 21.0. The maximum Gasteiger partial charge on any atom is 0.271 e. The number of non-ortho nitro benzene ring substituents is 1. The zero-order chi connectivity index (χ0) is 27.9. The number of carbonyl (C=O) groups excluding carboxylic acids is 2. The van der Waals surface area contributed by atoms with Crippen LogP contribution in [0.5, 0.6) is 0 Å². The van der Waals surface area contributed by atoms with E-state index in [2.05, 4.69) is 5.32 Å². The lowest BCUT2D eigenvalue weighted by Gasteiger charge is -2.32. The van der Waals surface area contributed by atoms with Crippen LogP contribution in [0.4, 0.5) is 11.4 Å². The summed E-state index contributed by atoms with van der Waals surface area (Å²) in [6, 6.07) is 7.58. The Morgan fingerprint density at radius 1 is 1.14 bits per heavy atom. The first-order valence-electron chi connectivity index (χ1n) is 11.5. The molecule has 2 rings (SSSR count). The van der Waals surface area contributed by atoms with E-state index in [4.69, 9.17) is 23.2 Å². The Hall–Kier alpha value is -2.89. The average Bonchev–Trinajstić information content (AvgIpc) is 2.82. The van der Waals surface area contributed by atoms with Crippen LogP contribution in [0.1, 0.15) is 37.8 Å². The second-order valence-corrected chi connectivity index (χ2v) is 11.3. The van der Waals surface area contributed by atoms with E-state index in [0.29, 0.717) is 22.7 Å². The van der Waals surface area contributed by atoms with Gasteiger partial charge in [0.1, 0.15) is 12.6 Å². The molecule has 0 aromatic heterocycles. The minimum absolute atomic E-state index is 0.000382. The van der Waals surface area contributed by atoms with Gasteiger partial charge in [0, 0.05) is 25.2 Å². The number of anilines is 1. The molecule has 0 aliphatic carbocycles. The van der Waals surface area contributed by atoms with E-state index in [-0.39, 0.29) is 22.9 Å². The third-order valence-electron chi connectivity index (χ3n) is 5.69. The first-order valence-corrected chi connectivity index (χ1v) is 14.1. The van der Waals surface area contributed by atoms with Gasteiger partial charge in [-0.05, 0) is 43.5 Å². The maximum absolute atomic E-state index is 13.6. The molecule has 13 heteroatoms. The third kappa shape index (κ3) is 8.31. The molecule has 0 aliphatic rings. The van der Waals surface area contributed by atoms with Crippen LogP contribution in [0, 0.1) is 17.0 Å². The monoisotopic (exact) mass is 572 g/mol. The zero-order valence-corrected chi connectivity index (χ0v) is 23.4. The quantitative estimate of drug-likeness (QED) is 0.229. The van der Waals surface area contributed by atoms with E-state index in [0.717, 1.165) is 29.5 Å². The number of nitro groups is 1. The lowest BCUT2D eigenvalue weighted by Crippen LogP contribution is -2.51. The van der Waals surface area contributed by atoms with Crippen molar-refractivity contribution in [2.24, 2.45) is 0 Å². The van der Waals surface area contributed by atoms with Crippen molar-refractivity contribution < 1.29 is 22.9 Å². The minimum atomic E-state index is -4.04. The summed E-state index contributed by atoms with van der Waals surface area (Å²) in [7, 11) is -4.04. The van der Waals surface area contributed by atoms with Crippen molar-refractivity contribution in [3.05, 3.63) is 67.7 Å². The predicted octanol–water partition coefficient (Wildman–Crippen LogP) is 4.31. The lowest BCUT2D eigenvalue weighted by atomic mass is 10.1. The third-order valence-corrected chi connectivity index (χ3v) is 7.55. The van der Waals surface area contributed by atoms with Gasteiger partial charge in [-0.1, -0.05) is 48.7 Å². The fourth-order valence-electron chi connectivity index (χ4n) is 3.53. The Morgan fingerprint density at radius 3 is 2.38 bits per heavy atom. The van der Waals surface area contributed by atoms with Crippen molar-refractivity contribution in [1.29, 1.82) is 0 Å². The van der Waals surface area contributed by atoms with Gasteiger partial charge in [-0.3, -0.25) is 24.0 Å². The van der Waals surface area contributed by atoms with Gasteiger partial charge in [0.2, 0.25) is 21.8 Å². The second-order valence-electron chi connectivity index (χ2n) is 8.59. The summed E-state index contributed by atoms with van der Waals surface area (Å²) in [5.74, 6) is -1.08. The highest BCUT2D eigenvalue weighted by molar-refractivity contribution is 7.92. The van der Waals surface area contributed by atoms with Gasteiger partial charge in [0.25, 0.3) is 5.69 Å². The molecule has 0 radical (unpaired) electrons. The SMILES string of the molecule is CCCCNC(=O)[C@@H](C)N(Cc1ccc(Cl)c(Cl)c1)C(=O)CN(c1cc([N+](=O)[O-])ccc1C)S(C)(=O)=O. The van der Waals surface area contributed by atoms with Crippen molar-refractivity contribution in [2.45, 2.75) is 46.2 Å². The van der Waals surface area contributed by atoms with Crippen molar-refractivity contribution in [3.63, 3.8) is 0 Å². The number of amides is 2. The molecular formula is C24H30Cl2N4O6S. The van der Waals surface area contributed by atoms with Crippen LogP contribution in [0.3, 0.4) is 0 Å². The van der Waals surface area contributed by atoms with Crippen LogP contribution in [0.2, 0.25) is 10.0 Å². The van der Waals surface area contributed by atoms with Gasteiger partial charge in [0.15, 0.2) is 0 Å². The number of hydrogen-bond donors (Lipinski definition) is 1. The molecule has 1 N–H and O–H groups in total. The molecule has 2 aromatic rings. The molecule has 0 spiro atoms. The van der Waals surface area contributed by atoms with E-state index in [1.54, 1.807) is 32.0 Å². The van der Waals surface area contributed by atoms with Crippen LogP contribution in [0.15, 0.2) is 36.4 Å². The largest absolute Gasteiger partial charge is 0.354 e. The summed E-state index contributed by atoms with van der Waals surface area (Å²) in [5.41, 5.74) is 0.677. The Bertz CT molecular complexity index is 1270. The molecular weight excluding hydrogens is 543 g/mol. The first-order chi connectivity index (χ1) is 17.3. The molecule has 0 fully saturated rings. The highest BCUT2D eigenvalue weighted by Crippen LogP contribution is 2.28. The molecule has 2 aromatic carbocycles. The normalized spacial score (nSPS) is 12.1. The lowest BCUT2D eigenvalue weighted by molar-refractivity contribution is -0.384. The van der Waals surface area contributed by atoms with Crippen LogP contribution in [-0.4, -0.2) is 55.4 Å². The molecule has 0 saturated heterocycles. The standard InChI is InChI=1S/C24H30Cl2N4O6S/c1-5-6-11-27-24(32)17(3)28(14-18-8-10-20(25)21(26)12-18)23(31)15-29(37(4,35)36)22-13-19(30(33)34)9-7-16(22)2/h7-10,12-13,17H,5-6,11,14-15H2,1-4H3,(H,27,32)/t17-/m1/s1. The Labute approximate surface area is 226 Å². The van der Waals surface area contributed by atoms with Crippen molar-refractivity contribution in [1.82, 2.24) is 10.2 Å². The second kappa shape index (κ2) is 13.1. The number of halogens is 2. The fourth-order valence-corrected chi connectivity index (χ4v) is 4.75. The summed E-state index contributed by atoms with van der Waals surface area (Å²) < 4.78 is 26.2. The van der Waals surface area contributed by atoms with Crippen LogP contribution in [0.25, 0.3) is 0 Å². The van der Waals surface area contributed by atoms with E-state index in [1.165, 1.54) is 17.0 Å². The van der Waals surface area contributed by atoms with Crippen molar-refractivity contribution in [2.75, 3.05) is 23.7 Å². The number of unbranched alkanes of at least 4 members (excludes halogenated alkanes) is 1. The summed E-state index contributed by atoms with van der Waals surface area (Å²) >= 11 is 12.1. The number of nitrogens with one attached hydrogen (secondary N) is 1. The molecule has 10 nitrogen and oxygen atoms in total. The topological polar surface area (TPSA) is 130 Å². The van der Waals surface area contributed by atoms with Crippen molar-refractivity contribution >= 4 is 56.4 Å². The molecule has 37 heavy (non-hydrogen) atoms. The molecule has 202 valence electrons. The molecule has 0 unspecified atom stereocenters. The number of hydrogen-bond acceptors (Lipinski definition) is 6. The predicted molar refractivity (Wildman–Crippen MR) is 144 cm³/mol. The molecule has 2 amide bonds. The number of aryl methyl sites for hydroxylation is 1. The number of nitro benzene ring substituents is 1. The fraction of sp³-hybridized carbons (Fsp3) is 0.417. The van der Waals surface area contributed by atoms with E-state index in [1.807, 2.05) is 6.92 Å². The van der Waals surface area contributed by atoms with Crippen LogP contribution >= 0.6 is 23.2 Å². The summed E-state index contributed by atoms with van der Waals surface area (Å²) in [4.78, 5) is 38.3. The minimum Gasteiger partial charge on any atom is -0.354 e. The van der Waals surface area contributed by atoms with Crippen molar-refractivity contribution in [3.8, 4) is 0 Å². The maximum atomic E-state index is 13.6. The first kappa shape index (κ1) is 30.3. The van der Waals surface area contributed by atoms with Gasteiger partial charge in [0.05, 0.1) is 26.9 Å². The highest BCUT2D eigenvalue weighted by atomic mass is 35.5. The molecule has 0 bridgehead atoms. The number of sulfonamides is 1. The molecule has 0 heterocycles. The summed E-state index contributed by atoms with van der Waals surface area (Å²) in [6.45, 7) is 4.81. The molecule has 0 aliphatic heterocycles. The summed E-state index contributed by atoms with van der Waals surface area (Å²) in [5, 5.41) is 14.7. The number of rotatable bonds is 12.